The molecule has 0 saturated carbocycles. The number of esters is 2. The van der Waals surface area contributed by atoms with E-state index in [-0.39, 0.29) is 17.9 Å². The first-order valence-electron chi connectivity index (χ1n) is 7.47. The third-order valence-corrected chi connectivity index (χ3v) is 3.23. The van der Waals surface area contributed by atoms with Crippen LogP contribution < -0.4 is 5.56 Å². The van der Waals surface area contributed by atoms with Gasteiger partial charge in [-0.15, -0.1) is 0 Å². The molecule has 0 atom stereocenters. The van der Waals surface area contributed by atoms with E-state index in [1.165, 1.54) is 23.9 Å². The predicted octanol–water partition coefficient (Wildman–Crippen LogP) is 1.80. The van der Waals surface area contributed by atoms with E-state index in [0.29, 0.717) is 17.7 Å². The van der Waals surface area contributed by atoms with Crippen LogP contribution in [0.15, 0.2) is 41.2 Å². The molecule has 1 heterocycles. The largest absolute Gasteiger partial charge is 0.465 e. The molecule has 7 nitrogen and oxygen atoms in total. The van der Waals surface area contributed by atoms with Crippen LogP contribution in [0.1, 0.15) is 39.8 Å². The third-order valence-electron chi connectivity index (χ3n) is 3.23. The molecule has 0 saturated heterocycles. The predicted molar refractivity (Wildman–Crippen MR) is 85.7 cm³/mol. The third kappa shape index (κ3) is 4.28. The SMILES string of the molecule is CCCn1nc(C(=O)OCc2cccc(C(=O)OC)c2)ccc1=O. The number of rotatable bonds is 6. The molecule has 0 aliphatic rings. The number of aromatic nitrogens is 2. The van der Waals surface area contributed by atoms with E-state index in [4.69, 9.17) is 4.74 Å². The highest BCUT2D eigenvalue weighted by Gasteiger charge is 2.12. The van der Waals surface area contributed by atoms with Gasteiger partial charge in [-0.25, -0.2) is 14.3 Å². The summed E-state index contributed by atoms with van der Waals surface area (Å²) in [7, 11) is 1.30. The fourth-order valence-electron chi connectivity index (χ4n) is 2.06. The van der Waals surface area contributed by atoms with Crippen LogP contribution in [0.3, 0.4) is 0 Å². The molecule has 0 unspecified atom stereocenters. The van der Waals surface area contributed by atoms with Crippen molar-refractivity contribution >= 4 is 11.9 Å². The van der Waals surface area contributed by atoms with E-state index >= 15 is 0 Å². The fraction of sp³-hybridized carbons (Fsp3) is 0.294. The Labute approximate surface area is 138 Å². The number of carbonyl (C=O) groups excluding carboxylic acids is 2. The Morgan fingerprint density at radius 1 is 1.17 bits per heavy atom. The van der Waals surface area contributed by atoms with E-state index in [0.717, 1.165) is 6.42 Å². The second kappa shape index (κ2) is 8.05. The molecule has 0 bridgehead atoms. The van der Waals surface area contributed by atoms with Crippen LogP contribution in [0.5, 0.6) is 0 Å². The number of benzene rings is 1. The number of carbonyl (C=O) groups is 2. The maximum absolute atomic E-state index is 12.1. The molecule has 2 aromatic rings. The van der Waals surface area contributed by atoms with Crippen molar-refractivity contribution in [2.75, 3.05) is 7.11 Å². The van der Waals surface area contributed by atoms with Crippen molar-refractivity contribution < 1.29 is 19.1 Å². The van der Waals surface area contributed by atoms with Gasteiger partial charge in [-0.3, -0.25) is 4.79 Å². The van der Waals surface area contributed by atoms with Gasteiger partial charge in [0.15, 0.2) is 5.69 Å². The highest BCUT2D eigenvalue weighted by molar-refractivity contribution is 5.89. The van der Waals surface area contributed by atoms with Gasteiger partial charge in [0.25, 0.3) is 5.56 Å². The van der Waals surface area contributed by atoms with Crippen LogP contribution >= 0.6 is 0 Å². The molecule has 126 valence electrons. The first-order valence-corrected chi connectivity index (χ1v) is 7.47. The van der Waals surface area contributed by atoms with E-state index in [1.807, 2.05) is 6.92 Å². The zero-order chi connectivity index (χ0) is 17.5. The normalized spacial score (nSPS) is 10.2. The van der Waals surface area contributed by atoms with Crippen LogP contribution in [0, 0.1) is 0 Å². The Morgan fingerprint density at radius 3 is 2.67 bits per heavy atom. The molecule has 24 heavy (non-hydrogen) atoms. The number of hydrogen-bond acceptors (Lipinski definition) is 6. The van der Waals surface area contributed by atoms with E-state index in [9.17, 15) is 14.4 Å². The molecule has 1 aromatic carbocycles. The van der Waals surface area contributed by atoms with Gasteiger partial charge in [-0.1, -0.05) is 19.1 Å². The molecule has 0 N–H and O–H groups in total. The second-order valence-corrected chi connectivity index (χ2v) is 5.05. The quantitative estimate of drug-likeness (QED) is 0.751. The lowest BCUT2D eigenvalue weighted by Gasteiger charge is -2.07. The van der Waals surface area contributed by atoms with Crippen LogP contribution in [0.2, 0.25) is 0 Å². The summed E-state index contributed by atoms with van der Waals surface area (Å²) in [4.78, 5) is 35.2. The molecule has 0 aliphatic carbocycles. The second-order valence-electron chi connectivity index (χ2n) is 5.05. The smallest absolute Gasteiger partial charge is 0.359 e. The first-order chi connectivity index (χ1) is 11.5. The van der Waals surface area contributed by atoms with Gasteiger partial charge in [0.2, 0.25) is 0 Å². The lowest BCUT2D eigenvalue weighted by Crippen LogP contribution is -2.24. The van der Waals surface area contributed by atoms with Gasteiger partial charge in [0.1, 0.15) is 6.61 Å². The van der Waals surface area contributed by atoms with Crippen molar-refractivity contribution in [2.24, 2.45) is 0 Å². The van der Waals surface area contributed by atoms with Gasteiger partial charge in [0.05, 0.1) is 12.7 Å². The summed E-state index contributed by atoms with van der Waals surface area (Å²) in [6, 6.07) is 9.23. The minimum absolute atomic E-state index is 0.0156. The molecule has 0 radical (unpaired) electrons. The molecular formula is C17H18N2O5. The summed E-state index contributed by atoms with van der Waals surface area (Å²) in [6.45, 7) is 2.33. The van der Waals surface area contributed by atoms with Gasteiger partial charge >= 0.3 is 11.9 Å². The van der Waals surface area contributed by atoms with Crippen molar-refractivity contribution in [3.05, 3.63) is 63.6 Å². The Balaban J connectivity index is 2.07. The molecular weight excluding hydrogens is 312 g/mol. The van der Waals surface area contributed by atoms with Crippen molar-refractivity contribution in [3.63, 3.8) is 0 Å². The highest BCUT2D eigenvalue weighted by Crippen LogP contribution is 2.09. The number of nitrogens with zero attached hydrogens (tertiary/aromatic N) is 2. The number of hydrogen-bond donors (Lipinski definition) is 0. The first kappa shape index (κ1) is 17.4. The van der Waals surface area contributed by atoms with Crippen LogP contribution in [-0.2, 0) is 22.6 Å². The molecule has 0 aliphatic heterocycles. The minimum atomic E-state index is -0.636. The fourth-order valence-corrected chi connectivity index (χ4v) is 2.06. The van der Waals surface area contributed by atoms with Crippen molar-refractivity contribution in [2.45, 2.75) is 26.5 Å². The summed E-state index contributed by atoms with van der Waals surface area (Å²) in [6.07, 6.45) is 0.728. The summed E-state index contributed by atoms with van der Waals surface area (Å²) >= 11 is 0. The Morgan fingerprint density at radius 2 is 1.96 bits per heavy atom. The summed E-state index contributed by atoms with van der Waals surface area (Å²) in [5, 5.41) is 3.99. The molecule has 7 heteroatoms. The Hall–Kier alpha value is -2.96. The van der Waals surface area contributed by atoms with Crippen molar-refractivity contribution in [3.8, 4) is 0 Å². The topological polar surface area (TPSA) is 87.5 Å². The average Bonchev–Trinajstić information content (AvgIpc) is 2.61. The van der Waals surface area contributed by atoms with Gasteiger partial charge in [-0.2, -0.15) is 5.10 Å². The van der Waals surface area contributed by atoms with E-state index in [2.05, 4.69) is 9.84 Å². The van der Waals surface area contributed by atoms with Crippen LogP contribution in [-0.4, -0.2) is 28.8 Å². The Bertz CT molecular complexity index is 798. The monoisotopic (exact) mass is 330 g/mol. The summed E-state index contributed by atoms with van der Waals surface area (Å²) in [5.74, 6) is -1.10. The number of methoxy groups -OCH3 is 1. The van der Waals surface area contributed by atoms with E-state index in [1.54, 1.807) is 24.3 Å². The molecule has 0 amide bonds. The zero-order valence-corrected chi connectivity index (χ0v) is 13.5. The van der Waals surface area contributed by atoms with Gasteiger partial charge in [-0.05, 0) is 30.2 Å². The molecule has 2 rings (SSSR count). The van der Waals surface area contributed by atoms with Gasteiger partial charge < -0.3 is 9.47 Å². The number of ether oxygens (including phenoxy) is 2. The minimum Gasteiger partial charge on any atom is -0.465 e. The van der Waals surface area contributed by atoms with Crippen LogP contribution in [0.25, 0.3) is 0 Å². The maximum Gasteiger partial charge on any atom is 0.359 e. The average molecular weight is 330 g/mol. The molecule has 0 fully saturated rings. The summed E-state index contributed by atoms with van der Waals surface area (Å²) in [5.41, 5.74) is 0.820. The van der Waals surface area contributed by atoms with Crippen molar-refractivity contribution in [1.29, 1.82) is 0 Å². The van der Waals surface area contributed by atoms with Crippen molar-refractivity contribution in [1.82, 2.24) is 9.78 Å². The molecule has 1 aromatic heterocycles. The molecule has 0 spiro atoms. The van der Waals surface area contributed by atoms with Crippen LogP contribution in [0.4, 0.5) is 0 Å². The lowest BCUT2D eigenvalue weighted by molar-refractivity contribution is 0.0462. The maximum atomic E-state index is 12.1. The Kier molecular flexibility index (Phi) is 5.83. The summed E-state index contributed by atoms with van der Waals surface area (Å²) < 4.78 is 11.1. The van der Waals surface area contributed by atoms with Gasteiger partial charge in [0, 0.05) is 12.6 Å². The van der Waals surface area contributed by atoms with E-state index < -0.39 is 11.9 Å². The highest BCUT2D eigenvalue weighted by atomic mass is 16.5. The zero-order valence-electron chi connectivity index (χ0n) is 13.5. The lowest BCUT2D eigenvalue weighted by atomic mass is 10.1. The number of aryl methyl sites for hydroxylation is 1. The standard InChI is InChI=1S/C17H18N2O5/c1-3-9-19-15(20)8-7-14(18-19)17(22)24-11-12-5-4-6-13(10-12)16(21)23-2/h4-8,10H,3,9,11H2,1-2H3.